The second-order valence-corrected chi connectivity index (χ2v) is 8.36. The van der Waals surface area contributed by atoms with E-state index in [2.05, 4.69) is 18.7 Å². The summed E-state index contributed by atoms with van der Waals surface area (Å²) in [4.78, 5) is 2.09. The monoisotopic (exact) mass is 386 g/mol. The van der Waals surface area contributed by atoms with Crippen LogP contribution in [-0.2, 0) is 0 Å². The Labute approximate surface area is 169 Å². The van der Waals surface area contributed by atoms with Crippen LogP contribution in [0.3, 0.4) is 0 Å². The first-order valence-electron chi connectivity index (χ1n) is 11.9. The highest BCUT2D eigenvalue weighted by atomic mass is 16.5. The lowest BCUT2D eigenvalue weighted by Gasteiger charge is -2.28. The van der Waals surface area contributed by atoms with Crippen LogP contribution in [0.5, 0.6) is 0 Å². The summed E-state index contributed by atoms with van der Waals surface area (Å²) in [5.74, 6) is 0. The molecule has 4 heteroatoms. The van der Waals surface area contributed by atoms with Gasteiger partial charge < -0.3 is 15.9 Å². The van der Waals surface area contributed by atoms with E-state index in [9.17, 15) is 10.2 Å². The van der Waals surface area contributed by atoms with Crippen LogP contribution in [-0.4, -0.2) is 47.1 Å². The normalized spacial score (nSPS) is 13.0. The molecule has 27 heavy (non-hydrogen) atoms. The predicted octanol–water partition coefficient (Wildman–Crippen LogP) is 5.21. The molecular formula is C23H50N2O2. The smallest absolute Gasteiger partial charge is 0.164 e. The number of nitrogens with two attached hydrogens (primary N) is 1. The molecule has 0 aromatic heterocycles. The molecule has 0 fully saturated rings. The van der Waals surface area contributed by atoms with Crippen molar-refractivity contribution in [1.29, 1.82) is 0 Å². The molecule has 4 N–H and O–H groups in total. The third kappa shape index (κ3) is 18.9. The third-order valence-electron chi connectivity index (χ3n) is 5.66. The fraction of sp³-hybridized carbons (Fsp3) is 1.00. The van der Waals surface area contributed by atoms with E-state index in [-0.39, 0.29) is 6.04 Å². The minimum absolute atomic E-state index is 0.211. The highest BCUT2D eigenvalue weighted by Gasteiger charge is 2.14. The molecule has 0 saturated heterocycles. The molecule has 1 atom stereocenters. The zero-order valence-electron chi connectivity index (χ0n) is 18.5. The summed E-state index contributed by atoms with van der Waals surface area (Å²) < 4.78 is 0. The molecule has 0 rings (SSSR count). The standard InChI is InChI=1S/C23H50N2O2/c1-3-4-5-6-7-8-9-10-11-12-13-14-15-16-17-18-19-25(21-23(26)27)22(2)20-24/h22-23,26-27H,3-21,24H2,1-2H3. The molecule has 0 heterocycles. The van der Waals surface area contributed by atoms with Crippen LogP contribution in [0.25, 0.3) is 0 Å². The van der Waals surface area contributed by atoms with Gasteiger partial charge >= 0.3 is 0 Å². The van der Waals surface area contributed by atoms with Crippen LogP contribution in [0.15, 0.2) is 0 Å². The van der Waals surface area contributed by atoms with Gasteiger partial charge in [-0.15, -0.1) is 0 Å². The Kier molecular flexibility index (Phi) is 20.4. The molecule has 4 nitrogen and oxygen atoms in total. The number of nitrogens with zero attached hydrogens (tertiary/aromatic N) is 1. The Morgan fingerprint density at radius 1 is 0.667 bits per heavy atom. The number of unbranched alkanes of at least 4 members (excludes halogenated alkanes) is 15. The zero-order valence-corrected chi connectivity index (χ0v) is 18.5. The summed E-state index contributed by atoms with van der Waals surface area (Å²) in [6.07, 6.45) is 20.7. The highest BCUT2D eigenvalue weighted by Crippen LogP contribution is 2.14. The summed E-state index contributed by atoms with van der Waals surface area (Å²) in [7, 11) is 0. The van der Waals surface area contributed by atoms with Crippen molar-refractivity contribution in [1.82, 2.24) is 4.90 Å². The highest BCUT2D eigenvalue weighted by molar-refractivity contribution is 4.68. The number of aliphatic hydroxyl groups excluding tert-OH is 1. The molecular weight excluding hydrogens is 336 g/mol. The van der Waals surface area contributed by atoms with Gasteiger partial charge in [0.2, 0.25) is 0 Å². The van der Waals surface area contributed by atoms with Crippen molar-refractivity contribution in [3.8, 4) is 0 Å². The third-order valence-corrected chi connectivity index (χ3v) is 5.66. The van der Waals surface area contributed by atoms with Crippen LogP contribution < -0.4 is 5.73 Å². The summed E-state index contributed by atoms with van der Waals surface area (Å²) in [6.45, 7) is 6.11. The minimum atomic E-state index is -1.26. The summed E-state index contributed by atoms with van der Waals surface area (Å²) in [5.41, 5.74) is 5.70. The number of aliphatic hydroxyl groups is 2. The molecule has 0 aliphatic rings. The van der Waals surface area contributed by atoms with Gasteiger partial charge in [0.15, 0.2) is 6.29 Å². The van der Waals surface area contributed by atoms with Gasteiger partial charge in [0.25, 0.3) is 0 Å². The largest absolute Gasteiger partial charge is 0.367 e. The molecule has 0 aliphatic carbocycles. The maximum Gasteiger partial charge on any atom is 0.164 e. The average Bonchev–Trinajstić information content (AvgIpc) is 2.65. The maximum atomic E-state index is 9.18. The fourth-order valence-electron chi connectivity index (χ4n) is 3.71. The lowest BCUT2D eigenvalue weighted by atomic mass is 10.0. The Balaban J connectivity index is 3.32. The van der Waals surface area contributed by atoms with Crippen molar-refractivity contribution in [3.05, 3.63) is 0 Å². The lowest BCUT2D eigenvalue weighted by molar-refractivity contribution is -0.0668. The first-order valence-corrected chi connectivity index (χ1v) is 11.9. The Bertz CT molecular complexity index is 288. The zero-order chi connectivity index (χ0) is 20.2. The van der Waals surface area contributed by atoms with Crippen LogP contribution in [0.2, 0.25) is 0 Å². The molecule has 0 radical (unpaired) electrons. The van der Waals surface area contributed by atoms with Gasteiger partial charge in [-0.1, -0.05) is 103 Å². The second-order valence-electron chi connectivity index (χ2n) is 8.36. The first kappa shape index (κ1) is 26.8. The number of hydrogen-bond acceptors (Lipinski definition) is 4. The predicted molar refractivity (Wildman–Crippen MR) is 118 cm³/mol. The Morgan fingerprint density at radius 3 is 1.37 bits per heavy atom. The Hall–Kier alpha value is -0.160. The second kappa shape index (κ2) is 20.6. The fourth-order valence-corrected chi connectivity index (χ4v) is 3.71. The van der Waals surface area contributed by atoms with Gasteiger partial charge in [-0.25, -0.2) is 0 Å². The van der Waals surface area contributed by atoms with Crippen molar-refractivity contribution in [2.45, 2.75) is 129 Å². The van der Waals surface area contributed by atoms with E-state index in [1.807, 2.05) is 0 Å². The van der Waals surface area contributed by atoms with E-state index in [0.29, 0.717) is 13.1 Å². The number of hydrogen-bond donors (Lipinski definition) is 3. The maximum absolute atomic E-state index is 9.18. The number of rotatable bonds is 21. The van der Waals surface area contributed by atoms with E-state index < -0.39 is 6.29 Å². The van der Waals surface area contributed by atoms with Gasteiger partial charge in [-0.2, -0.15) is 0 Å². The molecule has 0 bridgehead atoms. The van der Waals surface area contributed by atoms with Crippen molar-refractivity contribution in [2.75, 3.05) is 19.6 Å². The van der Waals surface area contributed by atoms with Crippen LogP contribution in [0.4, 0.5) is 0 Å². The van der Waals surface area contributed by atoms with Crippen molar-refractivity contribution >= 4 is 0 Å². The molecule has 0 aromatic carbocycles. The molecule has 0 amide bonds. The summed E-state index contributed by atoms with van der Waals surface area (Å²) in [5, 5.41) is 18.4. The van der Waals surface area contributed by atoms with Crippen molar-refractivity contribution in [2.24, 2.45) is 5.73 Å². The molecule has 0 spiro atoms. The van der Waals surface area contributed by atoms with Crippen LogP contribution in [0, 0.1) is 0 Å². The van der Waals surface area contributed by atoms with Gasteiger partial charge in [0, 0.05) is 19.1 Å². The van der Waals surface area contributed by atoms with Gasteiger partial charge in [-0.05, 0) is 19.9 Å². The van der Waals surface area contributed by atoms with E-state index in [1.54, 1.807) is 0 Å². The quantitative estimate of drug-likeness (QED) is 0.187. The summed E-state index contributed by atoms with van der Waals surface area (Å²) >= 11 is 0. The van der Waals surface area contributed by atoms with E-state index >= 15 is 0 Å². The average molecular weight is 387 g/mol. The van der Waals surface area contributed by atoms with Gasteiger partial charge in [-0.3, -0.25) is 4.90 Å². The molecule has 0 aliphatic heterocycles. The Morgan fingerprint density at radius 2 is 1.04 bits per heavy atom. The van der Waals surface area contributed by atoms with E-state index in [0.717, 1.165) is 13.0 Å². The van der Waals surface area contributed by atoms with Crippen molar-refractivity contribution < 1.29 is 10.2 Å². The molecule has 0 aromatic rings. The van der Waals surface area contributed by atoms with Crippen LogP contribution >= 0.6 is 0 Å². The SMILES string of the molecule is CCCCCCCCCCCCCCCCCCN(CC(O)O)C(C)CN. The van der Waals surface area contributed by atoms with Crippen molar-refractivity contribution in [3.63, 3.8) is 0 Å². The van der Waals surface area contributed by atoms with E-state index in [4.69, 9.17) is 5.73 Å². The van der Waals surface area contributed by atoms with Gasteiger partial charge in [0.1, 0.15) is 0 Å². The molecule has 164 valence electrons. The molecule has 0 saturated carbocycles. The molecule has 1 unspecified atom stereocenters. The van der Waals surface area contributed by atoms with E-state index in [1.165, 1.54) is 96.3 Å². The topological polar surface area (TPSA) is 69.7 Å². The summed E-state index contributed by atoms with van der Waals surface area (Å²) in [6, 6.07) is 0.211. The van der Waals surface area contributed by atoms with Gasteiger partial charge in [0.05, 0.1) is 0 Å². The minimum Gasteiger partial charge on any atom is -0.367 e. The van der Waals surface area contributed by atoms with Crippen LogP contribution in [0.1, 0.15) is 117 Å². The first-order chi connectivity index (χ1) is 13.1. The lowest BCUT2D eigenvalue weighted by Crippen LogP contribution is -2.43.